The number of carbonyl (C=O) groups excluding carboxylic acids is 1. The van der Waals surface area contributed by atoms with Gasteiger partial charge in [-0.25, -0.2) is 0 Å². The summed E-state index contributed by atoms with van der Waals surface area (Å²) >= 11 is 0. The fourth-order valence-corrected chi connectivity index (χ4v) is 3.96. The molecule has 1 aromatic carbocycles. The summed E-state index contributed by atoms with van der Waals surface area (Å²) in [5, 5.41) is 10.3. The van der Waals surface area contributed by atoms with Crippen LogP contribution in [0.15, 0.2) is 24.3 Å². The van der Waals surface area contributed by atoms with Crippen LogP contribution < -0.4 is 0 Å². The number of rotatable bonds is 4. The highest BCUT2D eigenvalue weighted by Gasteiger charge is 2.37. The van der Waals surface area contributed by atoms with Gasteiger partial charge in [-0.3, -0.25) is 9.69 Å². The molecular weight excluding hydrogens is 304 g/mol. The lowest BCUT2D eigenvalue weighted by molar-refractivity contribution is -0.0536. The minimum absolute atomic E-state index is 0.0293. The number of nitrogens with zero attached hydrogens (tertiary/aromatic N) is 2. The highest BCUT2D eigenvalue weighted by atomic mass is 16.5. The number of morpholine rings is 1. The predicted molar refractivity (Wildman–Crippen MR) is 92.8 cm³/mol. The maximum absolute atomic E-state index is 12.2. The Morgan fingerprint density at radius 1 is 1.38 bits per heavy atom. The Labute approximate surface area is 144 Å². The second kappa shape index (κ2) is 7.64. The van der Waals surface area contributed by atoms with E-state index < -0.39 is 0 Å². The monoisotopic (exact) mass is 332 g/mol. The van der Waals surface area contributed by atoms with Gasteiger partial charge in [0.05, 0.1) is 19.3 Å². The molecule has 2 aliphatic rings. The van der Waals surface area contributed by atoms with Gasteiger partial charge in [0.25, 0.3) is 5.91 Å². The van der Waals surface area contributed by atoms with Gasteiger partial charge in [-0.2, -0.15) is 0 Å². The van der Waals surface area contributed by atoms with Gasteiger partial charge in [-0.05, 0) is 30.5 Å². The van der Waals surface area contributed by atoms with E-state index in [1.165, 1.54) is 0 Å². The van der Waals surface area contributed by atoms with Crippen molar-refractivity contribution in [3.8, 4) is 0 Å². The molecule has 0 bridgehead atoms. The average molecular weight is 332 g/mol. The molecule has 132 valence electrons. The Balaban J connectivity index is 1.73. The van der Waals surface area contributed by atoms with E-state index in [1.807, 2.05) is 18.2 Å². The van der Waals surface area contributed by atoms with Gasteiger partial charge in [0.2, 0.25) is 0 Å². The highest BCUT2D eigenvalue weighted by molar-refractivity contribution is 5.94. The first-order valence-corrected chi connectivity index (χ1v) is 8.86. The van der Waals surface area contributed by atoms with Gasteiger partial charge >= 0.3 is 0 Å². The van der Waals surface area contributed by atoms with Crippen molar-refractivity contribution < 1.29 is 14.6 Å². The fourth-order valence-electron chi connectivity index (χ4n) is 3.96. The molecule has 3 atom stereocenters. The minimum Gasteiger partial charge on any atom is -0.393 e. The van der Waals surface area contributed by atoms with Crippen LogP contribution in [0, 0.1) is 5.92 Å². The molecule has 5 nitrogen and oxygen atoms in total. The summed E-state index contributed by atoms with van der Waals surface area (Å²) in [6, 6.07) is 8.14. The van der Waals surface area contributed by atoms with Gasteiger partial charge in [0.15, 0.2) is 0 Å². The topological polar surface area (TPSA) is 53.0 Å². The number of amides is 1. The van der Waals surface area contributed by atoms with Crippen LogP contribution in [0.4, 0.5) is 0 Å². The number of carbonyl (C=O) groups is 1. The zero-order chi connectivity index (χ0) is 17.1. The molecule has 1 saturated heterocycles. The molecular formula is C19H28N2O3. The number of aliphatic hydroxyl groups excluding tert-OH is 1. The van der Waals surface area contributed by atoms with Crippen LogP contribution in [0.5, 0.6) is 0 Å². The van der Waals surface area contributed by atoms with Crippen molar-refractivity contribution in [1.82, 2.24) is 9.80 Å². The second-order valence-corrected chi connectivity index (χ2v) is 7.17. The third-order valence-electron chi connectivity index (χ3n) is 5.27. The summed E-state index contributed by atoms with van der Waals surface area (Å²) in [7, 11) is 3.54. The lowest BCUT2D eigenvalue weighted by Crippen LogP contribution is -2.50. The Kier molecular flexibility index (Phi) is 5.54. The summed E-state index contributed by atoms with van der Waals surface area (Å²) in [5.41, 5.74) is 1.87. The summed E-state index contributed by atoms with van der Waals surface area (Å²) in [5.74, 6) is 0.332. The van der Waals surface area contributed by atoms with Crippen molar-refractivity contribution in [2.24, 2.45) is 5.92 Å². The maximum atomic E-state index is 12.2. The van der Waals surface area contributed by atoms with Crippen LogP contribution in [-0.2, 0) is 11.3 Å². The van der Waals surface area contributed by atoms with Crippen molar-refractivity contribution in [1.29, 1.82) is 0 Å². The summed E-state index contributed by atoms with van der Waals surface area (Å²) in [6.07, 6.45) is 2.87. The standard InChI is InChI=1S/C19H28N2O3/c1-20(2)19(23)15-6-3-5-14(11-15)12-21-9-10-24-13-17(21)16-7-4-8-18(16)22/h3,5-6,11,16-18,22H,4,7-10,12-13H2,1-2H3/t16-,17+,18-/m0/s1. The van der Waals surface area contributed by atoms with Gasteiger partial charge in [0.1, 0.15) is 0 Å². The Hall–Kier alpha value is -1.43. The first-order valence-electron chi connectivity index (χ1n) is 8.86. The summed E-state index contributed by atoms with van der Waals surface area (Å²) in [4.78, 5) is 16.2. The van der Waals surface area contributed by atoms with Crippen molar-refractivity contribution in [3.05, 3.63) is 35.4 Å². The highest BCUT2D eigenvalue weighted by Crippen LogP contribution is 2.32. The molecule has 1 aliphatic heterocycles. The lowest BCUT2D eigenvalue weighted by Gasteiger charge is -2.40. The third-order valence-corrected chi connectivity index (χ3v) is 5.27. The number of benzene rings is 1. The third kappa shape index (κ3) is 3.79. The van der Waals surface area contributed by atoms with Crippen LogP contribution in [-0.4, -0.2) is 66.8 Å². The quantitative estimate of drug-likeness (QED) is 0.913. The van der Waals surface area contributed by atoms with E-state index in [0.29, 0.717) is 12.5 Å². The molecule has 3 rings (SSSR count). The van der Waals surface area contributed by atoms with E-state index >= 15 is 0 Å². The Morgan fingerprint density at radius 3 is 2.92 bits per heavy atom. The van der Waals surface area contributed by atoms with Crippen LogP contribution in [0.2, 0.25) is 0 Å². The molecule has 0 aromatic heterocycles. The van der Waals surface area contributed by atoms with E-state index in [4.69, 9.17) is 4.74 Å². The fraction of sp³-hybridized carbons (Fsp3) is 0.632. The molecule has 1 aromatic rings. The second-order valence-electron chi connectivity index (χ2n) is 7.17. The number of aliphatic hydroxyl groups is 1. The van der Waals surface area contributed by atoms with E-state index in [9.17, 15) is 9.90 Å². The van der Waals surface area contributed by atoms with Crippen LogP contribution in [0.3, 0.4) is 0 Å². The van der Waals surface area contributed by atoms with Crippen LogP contribution >= 0.6 is 0 Å². The van der Waals surface area contributed by atoms with Crippen molar-refractivity contribution >= 4 is 5.91 Å². The molecule has 0 radical (unpaired) electrons. The molecule has 0 spiro atoms. The molecule has 24 heavy (non-hydrogen) atoms. The maximum Gasteiger partial charge on any atom is 0.253 e. The van der Waals surface area contributed by atoms with E-state index in [-0.39, 0.29) is 18.1 Å². The number of hydrogen-bond acceptors (Lipinski definition) is 4. The van der Waals surface area contributed by atoms with Gasteiger partial charge in [0, 0.05) is 44.7 Å². The average Bonchev–Trinajstić information content (AvgIpc) is 3.01. The van der Waals surface area contributed by atoms with Crippen LogP contribution in [0.1, 0.15) is 35.2 Å². The first-order chi connectivity index (χ1) is 11.6. The number of hydrogen-bond donors (Lipinski definition) is 1. The SMILES string of the molecule is CN(C)C(=O)c1cccc(CN2CCOC[C@@H]2[C@@H]2CCC[C@@H]2O)c1. The Morgan fingerprint density at radius 2 is 2.21 bits per heavy atom. The molecule has 1 saturated carbocycles. The largest absolute Gasteiger partial charge is 0.393 e. The summed E-state index contributed by atoms with van der Waals surface area (Å²) < 4.78 is 5.69. The molecule has 0 unspecified atom stereocenters. The molecule has 1 heterocycles. The molecule has 5 heteroatoms. The van der Waals surface area contributed by atoms with Gasteiger partial charge < -0.3 is 14.7 Å². The van der Waals surface area contributed by atoms with Crippen molar-refractivity contribution in [2.45, 2.75) is 38.0 Å². The predicted octanol–water partition coefficient (Wildman–Crippen LogP) is 1.75. The van der Waals surface area contributed by atoms with E-state index in [0.717, 1.165) is 50.1 Å². The van der Waals surface area contributed by atoms with Crippen LogP contribution in [0.25, 0.3) is 0 Å². The zero-order valence-corrected chi connectivity index (χ0v) is 14.6. The normalized spacial score (nSPS) is 28.0. The van der Waals surface area contributed by atoms with E-state index in [2.05, 4.69) is 11.0 Å². The van der Waals surface area contributed by atoms with Gasteiger partial charge in [-0.15, -0.1) is 0 Å². The minimum atomic E-state index is -0.208. The number of ether oxygens (including phenoxy) is 1. The van der Waals surface area contributed by atoms with Crippen molar-refractivity contribution in [2.75, 3.05) is 33.9 Å². The first kappa shape index (κ1) is 17.4. The smallest absolute Gasteiger partial charge is 0.253 e. The molecule has 1 amide bonds. The lowest BCUT2D eigenvalue weighted by atomic mass is 9.93. The Bertz CT molecular complexity index is 575. The van der Waals surface area contributed by atoms with Crippen molar-refractivity contribution in [3.63, 3.8) is 0 Å². The summed E-state index contributed by atoms with van der Waals surface area (Å²) in [6.45, 7) is 3.10. The zero-order valence-electron chi connectivity index (χ0n) is 14.6. The molecule has 2 fully saturated rings. The molecule has 1 N–H and O–H groups in total. The van der Waals surface area contributed by atoms with Gasteiger partial charge in [-0.1, -0.05) is 18.6 Å². The molecule has 1 aliphatic carbocycles. The van der Waals surface area contributed by atoms with E-state index in [1.54, 1.807) is 19.0 Å².